The molecule has 1 aromatic carbocycles. The minimum atomic E-state index is -0.604. The van der Waals surface area contributed by atoms with Gasteiger partial charge < -0.3 is 9.84 Å². The number of pyridine rings is 1. The van der Waals surface area contributed by atoms with Crippen molar-refractivity contribution in [2.45, 2.75) is 38.9 Å². The summed E-state index contributed by atoms with van der Waals surface area (Å²) in [7, 11) is 0. The molecule has 1 N–H and O–H groups in total. The monoisotopic (exact) mass is 285 g/mol. The molecular weight excluding hydrogens is 262 g/mol. The summed E-state index contributed by atoms with van der Waals surface area (Å²) in [5.74, 6) is 0. The molecule has 0 bridgehead atoms. The van der Waals surface area contributed by atoms with Crippen molar-refractivity contribution in [3.8, 4) is 0 Å². The van der Waals surface area contributed by atoms with Crippen molar-refractivity contribution >= 4 is 0 Å². The lowest BCUT2D eigenvalue weighted by atomic mass is 10.00. The summed E-state index contributed by atoms with van der Waals surface area (Å²) in [5, 5.41) is 10.5. The second-order valence-electron chi connectivity index (χ2n) is 5.07. The van der Waals surface area contributed by atoms with Crippen molar-refractivity contribution in [1.29, 1.82) is 0 Å². The highest BCUT2D eigenvalue weighted by Crippen LogP contribution is 2.23. The van der Waals surface area contributed by atoms with Gasteiger partial charge in [0.15, 0.2) is 0 Å². The van der Waals surface area contributed by atoms with Crippen molar-refractivity contribution in [1.82, 2.24) is 4.98 Å². The third kappa shape index (κ3) is 4.38. The summed E-state index contributed by atoms with van der Waals surface area (Å²) >= 11 is 0. The van der Waals surface area contributed by atoms with Crippen molar-refractivity contribution in [3.05, 3.63) is 65.5 Å². The Morgan fingerprint density at radius 3 is 2.43 bits per heavy atom. The molecule has 3 heteroatoms. The van der Waals surface area contributed by atoms with E-state index >= 15 is 0 Å². The minimum absolute atomic E-state index is 0.316. The molecule has 2 unspecified atom stereocenters. The highest BCUT2D eigenvalue weighted by molar-refractivity contribution is 5.20. The van der Waals surface area contributed by atoms with Gasteiger partial charge >= 0.3 is 0 Å². The number of benzene rings is 1. The topological polar surface area (TPSA) is 42.4 Å². The first-order valence-corrected chi connectivity index (χ1v) is 7.53. The Morgan fingerprint density at radius 1 is 1.10 bits per heavy atom. The molecule has 0 spiro atoms. The average molecular weight is 285 g/mol. The van der Waals surface area contributed by atoms with Crippen LogP contribution in [0.4, 0.5) is 0 Å². The van der Waals surface area contributed by atoms with E-state index < -0.39 is 6.10 Å². The van der Waals surface area contributed by atoms with E-state index in [4.69, 9.17) is 4.74 Å². The standard InChI is InChI=1S/C18H23NO2/c1-3-14-10-11-16(19-13-14)12-17(20)18(21-4-2)15-8-6-5-7-9-15/h5-11,13,17-18,20H,3-4,12H2,1-2H3. The third-order valence-corrected chi connectivity index (χ3v) is 3.54. The Bertz CT molecular complexity index is 525. The first kappa shape index (κ1) is 15.7. The van der Waals surface area contributed by atoms with Gasteiger partial charge in [0.25, 0.3) is 0 Å². The maximum atomic E-state index is 10.5. The summed E-state index contributed by atoms with van der Waals surface area (Å²) in [5.41, 5.74) is 3.09. The number of rotatable bonds is 7. The Morgan fingerprint density at radius 2 is 1.86 bits per heavy atom. The Hall–Kier alpha value is -1.71. The van der Waals surface area contributed by atoms with Crippen LogP contribution in [0.25, 0.3) is 0 Å². The number of ether oxygens (including phenoxy) is 1. The van der Waals surface area contributed by atoms with Gasteiger partial charge in [-0.25, -0.2) is 0 Å². The molecule has 1 aromatic heterocycles. The molecule has 0 aliphatic carbocycles. The zero-order valence-electron chi connectivity index (χ0n) is 12.7. The lowest BCUT2D eigenvalue weighted by Crippen LogP contribution is -2.24. The van der Waals surface area contributed by atoms with Gasteiger partial charge in [0.1, 0.15) is 6.10 Å². The molecule has 0 aliphatic heterocycles. The number of aromatic nitrogens is 1. The van der Waals surface area contributed by atoms with Crippen LogP contribution in [-0.2, 0) is 17.6 Å². The number of aliphatic hydroxyl groups excluding tert-OH is 1. The van der Waals surface area contributed by atoms with E-state index in [2.05, 4.69) is 18.0 Å². The number of aryl methyl sites for hydroxylation is 1. The normalized spacial score (nSPS) is 13.9. The molecule has 0 saturated heterocycles. The van der Waals surface area contributed by atoms with Crippen LogP contribution in [0.2, 0.25) is 0 Å². The maximum absolute atomic E-state index is 10.5. The largest absolute Gasteiger partial charge is 0.390 e. The number of nitrogens with zero attached hydrogens (tertiary/aromatic N) is 1. The fraction of sp³-hybridized carbons (Fsp3) is 0.389. The van der Waals surface area contributed by atoms with E-state index in [1.165, 1.54) is 5.56 Å². The molecule has 0 radical (unpaired) electrons. The molecular formula is C18H23NO2. The first-order chi connectivity index (χ1) is 10.2. The molecule has 2 atom stereocenters. The smallest absolute Gasteiger partial charge is 0.109 e. The first-order valence-electron chi connectivity index (χ1n) is 7.53. The predicted molar refractivity (Wildman–Crippen MR) is 84.1 cm³/mol. The SMILES string of the molecule is CCOC(c1ccccc1)C(O)Cc1ccc(CC)cn1. The second-order valence-corrected chi connectivity index (χ2v) is 5.07. The van der Waals surface area contributed by atoms with Crippen LogP contribution >= 0.6 is 0 Å². The van der Waals surface area contributed by atoms with Gasteiger partial charge in [0.05, 0.1) is 6.10 Å². The fourth-order valence-corrected chi connectivity index (χ4v) is 2.36. The molecule has 0 amide bonds. The van der Waals surface area contributed by atoms with E-state index in [1.807, 2.05) is 49.5 Å². The van der Waals surface area contributed by atoms with Crippen molar-refractivity contribution in [2.75, 3.05) is 6.61 Å². The Kier molecular flexibility index (Phi) is 5.90. The van der Waals surface area contributed by atoms with E-state index in [9.17, 15) is 5.11 Å². The number of hydrogen-bond donors (Lipinski definition) is 1. The van der Waals surface area contributed by atoms with E-state index in [0.29, 0.717) is 13.0 Å². The van der Waals surface area contributed by atoms with E-state index in [0.717, 1.165) is 17.7 Å². The summed E-state index contributed by atoms with van der Waals surface area (Å²) in [6.45, 7) is 4.61. The molecule has 1 heterocycles. The molecule has 112 valence electrons. The van der Waals surface area contributed by atoms with Crippen LogP contribution in [0.3, 0.4) is 0 Å². The quantitative estimate of drug-likeness (QED) is 0.848. The number of hydrogen-bond acceptors (Lipinski definition) is 3. The minimum Gasteiger partial charge on any atom is -0.390 e. The summed E-state index contributed by atoms with van der Waals surface area (Å²) in [6, 6.07) is 13.9. The third-order valence-electron chi connectivity index (χ3n) is 3.54. The van der Waals surface area contributed by atoms with Crippen molar-refractivity contribution < 1.29 is 9.84 Å². The molecule has 21 heavy (non-hydrogen) atoms. The summed E-state index contributed by atoms with van der Waals surface area (Å²) < 4.78 is 5.73. The van der Waals surface area contributed by atoms with Gasteiger partial charge in [-0.1, -0.05) is 43.3 Å². The van der Waals surface area contributed by atoms with E-state index in [1.54, 1.807) is 0 Å². The molecule has 3 nitrogen and oxygen atoms in total. The van der Waals surface area contributed by atoms with Gasteiger partial charge in [-0.2, -0.15) is 0 Å². The van der Waals surface area contributed by atoms with E-state index in [-0.39, 0.29) is 6.10 Å². The van der Waals surface area contributed by atoms with Crippen molar-refractivity contribution in [2.24, 2.45) is 0 Å². The van der Waals surface area contributed by atoms with Gasteiger partial charge in [-0.15, -0.1) is 0 Å². The summed E-state index contributed by atoms with van der Waals surface area (Å²) in [4.78, 5) is 4.41. The second kappa shape index (κ2) is 7.91. The fourth-order valence-electron chi connectivity index (χ4n) is 2.36. The number of aliphatic hydroxyl groups is 1. The molecule has 2 rings (SSSR count). The van der Waals surface area contributed by atoms with Crippen molar-refractivity contribution in [3.63, 3.8) is 0 Å². The van der Waals surface area contributed by atoms with Crippen LogP contribution in [0.5, 0.6) is 0 Å². The predicted octanol–water partition coefficient (Wildman–Crippen LogP) is 3.33. The van der Waals surface area contributed by atoms with Crippen LogP contribution in [0, 0.1) is 0 Å². The molecule has 0 saturated carbocycles. The highest BCUT2D eigenvalue weighted by Gasteiger charge is 2.22. The van der Waals surface area contributed by atoms with Crippen LogP contribution in [0.15, 0.2) is 48.7 Å². The van der Waals surface area contributed by atoms with Crippen LogP contribution < -0.4 is 0 Å². The molecule has 0 fully saturated rings. The molecule has 0 aliphatic rings. The molecule has 2 aromatic rings. The Labute approximate surface area is 126 Å². The lowest BCUT2D eigenvalue weighted by molar-refractivity contribution is -0.0343. The zero-order chi connectivity index (χ0) is 15.1. The van der Waals surface area contributed by atoms with Gasteiger partial charge in [-0.05, 0) is 30.5 Å². The maximum Gasteiger partial charge on any atom is 0.109 e. The van der Waals surface area contributed by atoms with Crippen LogP contribution in [-0.4, -0.2) is 22.8 Å². The van der Waals surface area contributed by atoms with Crippen LogP contribution in [0.1, 0.15) is 36.8 Å². The highest BCUT2D eigenvalue weighted by atomic mass is 16.5. The van der Waals surface area contributed by atoms with Gasteiger partial charge in [0.2, 0.25) is 0 Å². The lowest BCUT2D eigenvalue weighted by Gasteiger charge is -2.23. The van der Waals surface area contributed by atoms with Gasteiger partial charge in [-0.3, -0.25) is 4.98 Å². The van der Waals surface area contributed by atoms with Gasteiger partial charge in [0, 0.05) is 24.9 Å². The summed E-state index contributed by atoms with van der Waals surface area (Å²) in [6.07, 6.45) is 2.42. The average Bonchev–Trinajstić information content (AvgIpc) is 2.54. The zero-order valence-corrected chi connectivity index (χ0v) is 12.7. The Balaban J connectivity index is 2.09.